The summed E-state index contributed by atoms with van der Waals surface area (Å²) in [4.78, 5) is 13.1. The van der Waals surface area contributed by atoms with Crippen LogP contribution in [0.2, 0.25) is 0 Å². The molecule has 1 amide bonds. The molecule has 1 aliphatic heterocycles. The van der Waals surface area contributed by atoms with E-state index in [1.807, 2.05) is 0 Å². The number of nitrogens with two attached hydrogens (primary N) is 1. The molecule has 0 aromatic carbocycles. The lowest BCUT2D eigenvalue weighted by Crippen LogP contribution is -2.47. The fourth-order valence-corrected chi connectivity index (χ4v) is 1.10. The number of ether oxygens (including phenoxy) is 1. The van der Waals surface area contributed by atoms with Crippen LogP contribution in [0.15, 0.2) is 12.7 Å². The van der Waals surface area contributed by atoms with Crippen LogP contribution in [0.3, 0.4) is 0 Å². The van der Waals surface area contributed by atoms with Crippen LogP contribution in [0.4, 0.5) is 0 Å². The van der Waals surface area contributed by atoms with Crippen molar-refractivity contribution in [2.45, 2.75) is 6.04 Å². The zero-order valence-corrected chi connectivity index (χ0v) is 7.03. The highest BCUT2D eigenvalue weighted by molar-refractivity contribution is 5.83. The minimum absolute atomic E-state index is 0.0618. The molecule has 12 heavy (non-hydrogen) atoms. The Morgan fingerprint density at radius 1 is 1.58 bits per heavy atom. The maximum Gasteiger partial charge on any atom is 0.243 e. The Morgan fingerprint density at radius 2 is 2.17 bits per heavy atom. The Balaban J connectivity index is 2.44. The van der Waals surface area contributed by atoms with Gasteiger partial charge in [-0.15, -0.1) is 6.58 Å². The maximum absolute atomic E-state index is 11.4. The molecule has 0 aromatic heterocycles. The molecule has 0 spiro atoms. The molecule has 68 valence electrons. The van der Waals surface area contributed by atoms with Crippen molar-refractivity contribution in [3.8, 4) is 0 Å². The van der Waals surface area contributed by atoms with Crippen LogP contribution in [0.1, 0.15) is 0 Å². The van der Waals surface area contributed by atoms with Gasteiger partial charge in [0.25, 0.3) is 0 Å². The highest BCUT2D eigenvalue weighted by Crippen LogP contribution is 1.99. The topological polar surface area (TPSA) is 55.6 Å². The third-order valence-electron chi connectivity index (χ3n) is 1.86. The molecule has 0 aromatic rings. The van der Waals surface area contributed by atoms with Gasteiger partial charge in [-0.05, 0) is 0 Å². The highest BCUT2D eigenvalue weighted by Gasteiger charge is 2.20. The van der Waals surface area contributed by atoms with Crippen LogP contribution in [-0.2, 0) is 9.53 Å². The molecule has 4 heteroatoms. The number of rotatable bonds is 2. The first-order chi connectivity index (χ1) is 5.75. The SMILES string of the molecule is C=CC(N)C(=O)N1CCOCC1. The largest absolute Gasteiger partial charge is 0.378 e. The predicted octanol–water partition coefficient (Wildman–Crippen LogP) is -0.641. The fraction of sp³-hybridized carbons (Fsp3) is 0.625. The molecule has 1 fully saturated rings. The molecule has 4 nitrogen and oxygen atoms in total. The van der Waals surface area contributed by atoms with E-state index in [9.17, 15) is 4.79 Å². The molecule has 1 unspecified atom stereocenters. The van der Waals surface area contributed by atoms with Crippen molar-refractivity contribution in [2.75, 3.05) is 26.3 Å². The Bertz CT molecular complexity index is 176. The summed E-state index contributed by atoms with van der Waals surface area (Å²) in [7, 11) is 0. The smallest absolute Gasteiger partial charge is 0.243 e. The van der Waals surface area contributed by atoms with E-state index in [2.05, 4.69) is 6.58 Å². The van der Waals surface area contributed by atoms with Crippen LogP contribution in [0.25, 0.3) is 0 Å². The molecule has 1 aliphatic rings. The Morgan fingerprint density at radius 3 is 2.67 bits per heavy atom. The summed E-state index contributed by atoms with van der Waals surface area (Å²) in [6.07, 6.45) is 1.46. The first-order valence-corrected chi connectivity index (χ1v) is 4.00. The Hall–Kier alpha value is -0.870. The summed E-state index contributed by atoms with van der Waals surface area (Å²) in [6, 6.07) is -0.567. The maximum atomic E-state index is 11.4. The Kier molecular flexibility index (Phi) is 3.25. The van der Waals surface area contributed by atoms with Gasteiger partial charge < -0.3 is 15.4 Å². The van der Waals surface area contributed by atoms with Gasteiger partial charge >= 0.3 is 0 Å². The zero-order chi connectivity index (χ0) is 8.97. The van der Waals surface area contributed by atoms with Crippen molar-refractivity contribution < 1.29 is 9.53 Å². The van der Waals surface area contributed by atoms with Gasteiger partial charge in [-0.3, -0.25) is 4.79 Å². The second-order valence-corrected chi connectivity index (χ2v) is 2.70. The van der Waals surface area contributed by atoms with E-state index >= 15 is 0 Å². The van der Waals surface area contributed by atoms with E-state index in [1.54, 1.807) is 4.90 Å². The molecular formula is C8H14N2O2. The number of amides is 1. The molecule has 1 heterocycles. The molecule has 1 atom stereocenters. The molecule has 1 rings (SSSR count). The molecule has 0 saturated carbocycles. The van der Waals surface area contributed by atoms with Crippen molar-refractivity contribution in [2.24, 2.45) is 5.73 Å². The molecule has 0 radical (unpaired) electrons. The third kappa shape index (κ3) is 2.06. The van der Waals surface area contributed by atoms with Crippen molar-refractivity contribution in [1.82, 2.24) is 4.90 Å². The van der Waals surface area contributed by atoms with Gasteiger partial charge in [0, 0.05) is 13.1 Å². The summed E-state index contributed by atoms with van der Waals surface area (Å²) in [5.41, 5.74) is 5.50. The fourth-order valence-electron chi connectivity index (χ4n) is 1.10. The van der Waals surface area contributed by atoms with Gasteiger partial charge in [0.2, 0.25) is 5.91 Å². The quantitative estimate of drug-likeness (QED) is 0.561. The standard InChI is InChI=1S/C8H14N2O2/c1-2-7(9)8(11)10-3-5-12-6-4-10/h2,7H,1,3-6,9H2. The summed E-state index contributed by atoms with van der Waals surface area (Å²) < 4.78 is 5.10. The van der Waals surface area contributed by atoms with Crippen LogP contribution < -0.4 is 5.73 Å². The lowest BCUT2D eigenvalue weighted by atomic mass is 10.2. The molecule has 0 aliphatic carbocycles. The average Bonchev–Trinajstić information content (AvgIpc) is 2.17. The van der Waals surface area contributed by atoms with E-state index < -0.39 is 6.04 Å². The van der Waals surface area contributed by atoms with Gasteiger partial charge in [0.15, 0.2) is 0 Å². The normalized spacial score (nSPS) is 20.2. The first-order valence-electron chi connectivity index (χ1n) is 4.00. The number of morpholine rings is 1. The number of hydrogen-bond donors (Lipinski definition) is 1. The second-order valence-electron chi connectivity index (χ2n) is 2.70. The van der Waals surface area contributed by atoms with Crippen molar-refractivity contribution >= 4 is 5.91 Å². The van der Waals surface area contributed by atoms with Crippen LogP contribution >= 0.6 is 0 Å². The summed E-state index contributed by atoms with van der Waals surface area (Å²) >= 11 is 0. The number of carbonyl (C=O) groups is 1. The second kappa shape index (κ2) is 4.23. The van der Waals surface area contributed by atoms with E-state index in [-0.39, 0.29) is 5.91 Å². The summed E-state index contributed by atoms with van der Waals surface area (Å²) in [6.45, 7) is 5.96. The average molecular weight is 170 g/mol. The van der Waals surface area contributed by atoms with Gasteiger partial charge in [-0.25, -0.2) is 0 Å². The zero-order valence-electron chi connectivity index (χ0n) is 7.03. The predicted molar refractivity (Wildman–Crippen MR) is 45.6 cm³/mol. The van der Waals surface area contributed by atoms with Crippen molar-refractivity contribution in [3.63, 3.8) is 0 Å². The summed E-state index contributed by atoms with van der Waals surface area (Å²) in [5.74, 6) is -0.0618. The minimum atomic E-state index is -0.567. The van der Waals surface area contributed by atoms with E-state index in [0.717, 1.165) is 0 Å². The van der Waals surface area contributed by atoms with Gasteiger partial charge in [0.1, 0.15) is 6.04 Å². The molecule has 0 bridgehead atoms. The molecule has 1 saturated heterocycles. The van der Waals surface area contributed by atoms with E-state index in [0.29, 0.717) is 26.3 Å². The lowest BCUT2D eigenvalue weighted by molar-refractivity contribution is -0.135. The monoisotopic (exact) mass is 170 g/mol. The van der Waals surface area contributed by atoms with Crippen LogP contribution in [0, 0.1) is 0 Å². The lowest BCUT2D eigenvalue weighted by Gasteiger charge is -2.28. The van der Waals surface area contributed by atoms with E-state index in [4.69, 9.17) is 10.5 Å². The van der Waals surface area contributed by atoms with Gasteiger partial charge in [-0.1, -0.05) is 6.08 Å². The van der Waals surface area contributed by atoms with Gasteiger partial charge in [0.05, 0.1) is 13.2 Å². The molecular weight excluding hydrogens is 156 g/mol. The van der Waals surface area contributed by atoms with Crippen molar-refractivity contribution in [3.05, 3.63) is 12.7 Å². The number of nitrogens with zero attached hydrogens (tertiary/aromatic N) is 1. The van der Waals surface area contributed by atoms with Crippen molar-refractivity contribution in [1.29, 1.82) is 0 Å². The first kappa shape index (κ1) is 9.22. The highest BCUT2D eigenvalue weighted by atomic mass is 16.5. The summed E-state index contributed by atoms with van der Waals surface area (Å²) in [5, 5.41) is 0. The number of hydrogen-bond acceptors (Lipinski definition) is 3. The number of carbonyl (C=O) groups excluding carboxylic acids is 1. The van der Waals surface area contributed by atoms with Crippen LogP contribution in [0.5, 0.6) is 0 Å². The minimum Gasteiger partial charge on any atom is -0.378 e. The van der Waals surface area contributed by atoms with E-state index in [1.165, 1.54) is 6.08 Å². The van der Waals surface area contributed by atoms with Gasteiger partial charge in [-0.2, -0.15) is 0 Å². The van der Waals surface area contributed by atoms with Crippen LogP contribution in [-0.4, -0.2) is 43.2 Å². The molecule has 2 N–H and O–H groups in total. The Labute approximate surface area is 72.0 Å². The third-order valence-corrected chi connectivity index (χ3v) is 1.86.